The molecule has 0 aliphatic carbocycles. The Bertz CT molecular complexity index is 374. The molecule has 1 unspecified atom stereocenters. The fraction of sp³-hybridized carbons (Fsp3) is 0.500. The van der Waals surface area contributed by atoms with Gasteiger partial charge >= 0.3 is 0 Å². The van der Waals surface area contributed by atoms with Crippen molar-refractivity contribution in [1.82, 2.24) is 10.2 Å². The summed E-state index contributed by atoms with van der Waals surface area (Å²) in [6.07, 6.45) is 1.02. The Hall–Kier alpha value is -1.35. The summed E-state index contributed by atoms with van der Waals surface area (Å²) in [5.41, 5.74) is 2.61. The van der Waals surface area contributed by atoms with Gasteiger partial charge in [0.05, 0.1) is 6.04 Å². The zero-order chi connectivity index (χ0) is 12.8. The highest BCUT2D eigenvalue weighted by molar-refractivity contribution is 5.80. The van der Waals surface area contributed by atoms with E-state index in [0.717, 1.165) is 13.0 Å². The summed E-state index contributed by atoms with van der Waals surface area (Å²) in [5, 5.41) is 3.26. The summed E-state index contributed by atoms with van der Waals surface area (Å²) >= 11 is 0. The molecule has 0 aromatic heterocycles. The molecule has 0 heterocycles. The molecule has 0 aliphatic rings. The Morgan fingerprint density at radius 1 is 1.29 bits per heavy atom. The molecular formula is C14H22N2O. The highest BCUT2D eigenvalue weighted by Crippen LogP contribution is 2.09. The van der Waals surface area contributed by atoms with Crippen LogP contribution in [0.2, 0.25) is 0 Å². The van der Waals surface area contributed by atoms with Crippen molar-refractivity contribution >= 4 is 5.91 Å². The average molecular weight is 234 g/mol. The minimum Gasteiger partial charge on any atom is -0.347 e. The molecule has 1 amide bonds. The van der Waals surface area contributed by atoms with Crippen molar-refractivity contribution < 1.29 is 4.79 Å². The van der Waals surface area contributed by atoms with E-state index in [9.17, 15) is 4.79 Å². The van der Waals surface area contributed by atoms with Crippen LogP contribution in [0.3, 0.4) is 0 Å². The number of carbonyl (C=O) groups is 1. The van der Waals surface area contributed by atoms with Crippen molar-refractivity contribution in [3.05, 3.63) is 35.4 Å². The summed E-state index contributed by atoms with van der Waals surface area (Å²) in [5.74, 6) is 0.110. The number of carbonyl (C=O) groups excluding carboxylic acids is 1. The maximum Gasteiger partial charge on any atom is 0.238 e. The lowest BCUT2D eigenvalue weighted by molar-refractivity contribution is -0.130. The molecule has 0 spiro atoms. The van der Waals surface area contributed by atoms with Crippen molar-refractivity contribution in [2.24, 2.45) is 0 Å². The second kappa shape index (κ2) is 6.40. The SMILES string of the molecule is CCc1ccccc1CNC(C)C(=O)N(C)C. The molecule has 1 atom stereocenters. The Morgan fingerprint density at radius 2 is 1.88 bits per heavy atom. The van der Waals surface area contributed by atoms with Gasteiger partial charge in [0, 0.05) is 20.6 Å². The predicted molar refractivity (Wildman–Crippen MR) is 70.8 cm³/mol. The first-order valence-corrected chi connectivity index (χ1v) is 6.07. The number of aryl methyl sites for hydroxylation is 1. The molecule has 1 N–H and O–H groups in total. The zero-order valence-corrected chi connectivity index (χ0v) is 11.2. The summed E-state index contributed by atoms with van der Waals surface area (Å²) in [7, 11) is 3.56. The lowest BCUT2D eigenvalue weighted by Gasteiger charge is -2.18. The summed E-state index contributed by atoms with van der Waals surface area (Å²) < 4.78 is 0. The lowest BCUT2D eigenvalue weighted by Crippen LogP contribution is -2.41. The fourth-order valence-electron chi connectivity index (χ4n) is 1.81. The molecular weight excluding hydrogens is 212 g/mol. The van der Waals surface area contributed by atoms with Crippen molar-refractivity contribution in [1.29, 1.82) is 0 Å². The minimum absolute atomic E-state index is 0.110. The third-order valence-electron chi connectivity index (χ3n) is 2.91. The van der Waals surface area contributed by atoms with E-state index in [2.05, 4.69) is 30.4 Å². The third-order valence-corrected chi connectivity index (χ3v) is 2.91. The van der Waals surface area contributed by atoms with Gasteiger partial charge in [0.1, 0.15) is 0 Å². The molecule has 1 rings (SSSR count). The number of rotatable bonds is 5. The van der Waals surface area contributed by atoms with Gasteiger partial charge < -0.3 is 10.2 Å². The van der Waals surface area contributed by atoms with Crippen LogP contribution in [0.1, 0.15) is 25.0 Å². The van der Waals surface area contributed by atoms with Crippen molar-refractivity contribution in [2.75, 3.05) is 14.1 Å². The van der Waals surface area contributed by atoms with Gasteiger partial charge in [-0.1, -0.05) is 31.2 Å². The van der Waals surface area contributed by atoms with Crippen LogP contribution in [0.4, 0.5) is 0 Å². The van der Waals surface area contributed by atoms with E-state index in [0.29, 0.717) is 0 Å². The lowest BCUT2D eigenvalue weighted by atomic mass is 10.1. The van der Waals surface area contributed by atoms with Crippen LogP contribution in [0.15, 0.2) is 24.3 Å². The number of amides is 1. The number of nitrogens with one attached hydrogen (secondary N) is 1. The molecule has 1 aromatic rings. The van der Waals surface area contributed by atoms with E-state index in [-0.39, 0.29) is 11.9 Å². The second-order valence-corrected chi connectivity index (χ2v) is 4.46. The fourth-order valence-corrected chi connectivity index (χ4v) is 1.81. The maximum absolute atomic E-state index is 11.7. The quantitative estimate of drug-likeness (QED) is 0.843. The van der Waals surface area contributed by atoms with E-state index in [4.69, 9.17) is 0 Å². The molecule has 1 aromatic carbocycles. The third kappa shape index (κ3) is 3.86. The molecule has 17 heavy (non-hydrogen) atoms. The number of hydrogen-bond acceptors (Lipinski definition) is 2. The van der Waals surface area contributed by atoms with Gasteiger partial charge in [-0.15, -0.1) is 0 Å². The van der Waals surface area contributed by atoms with Crippen molar-refractivity contribution in [3.63, 3.8) is 0 Å². The number of nitrogens with zero attached hydrogens (tertiary/aromatic N) is 1. The zero-order valence-electron chi connectivity index (χ0n) is 11.2. The number of hydrogen-bond donors (Lipinski definition) is 1. The Morgan fingerprint density at radius 3 is 2.41 bits per heavy atom. The van der Waals surface area contributed by atoms with E-state index >= 15 is 0 Å². The van der Waals surface area contributed by atoms with Crippen LogP contribution in [-0.2, 0) is 17.8 Å². The highest BCUT2D eigenvalue weighted by Gasteiger charge is 2.14. The van der Waals surface area contributed by atoms with Crippen LogP contribution >= 0.6 is 0 Å². The largest absolute Gasteiger partial charge is 0.347 e. The normalized spacial score (nSPS) is 12.2. The first-order chi connectivity index (χ1) is 8.06. The first-order valence-electron chi connectivity index (χ1n) is 6.07. The predicted octanol–water partition coefficient (Wildman–Crippen LogP) is 1.82. The van der Waals surface area contributed by atoms with Crippen LogP contribution in [0.5, 0.6) is 0 Å². The van der Waals surface area contributed by atoms with Crippen molar-refractivity contribution in [2.45, 2.75) is 32.9 Å². The first kappa shape index (κ1) is 13.7. The molecule has 0 radical (unpaired) electrons. The second-order valence-electron chi connectivity index (χ2n) is 4.46. The topological polar surface area (TPSA) is 32.3 Å². The monoisotopic (exact) mass is 234 g/mol. The molecule has 3 heteroatoms. The highest BCUT2D eigenvalue weighted by atomic mass is 16.2. The van der Waals surface area contributed by atoms with Gasteiger partial charge in [-0.3, -0.25) is 4.79 Å². The molecule has 0 bridgehead atoms. The van der Waals surface area contributed by atoms with E-state index in [1.165, 1.54) is 11.1 Å². The number of likely N-dealkylation sites (N-methyl/N-ethyl adjacent to an activating group) is 1. The standard InChI is InChI=1S/C14H22N2O/c1-5-12-8-6-7-9-13(12)10-15-11(2)14(17)16(3)4/h6-9,11,15H,5,10H2,1-4H3. The van der Waals surface area contributed by atoms with E-state index in [1.807, 2.05) is 13.0 Å². The number of benzene rings is 1. The Kier molecular flexibility index (Phi) is 5.16. The minimum atomic E-state index is -0.144. The van der Waals surface area contributed by atoms with Gasteiger partial charge in [0.15, 0.2) is 0 Å². The van der Waals surface area contributed by atoms with Gasteiger partial charge in [-0.05, 0) is 24.5 Å². The molecule has 0 fully saturated rings. The van der Waals surface area contributed by atoms with E-state index in [1.54, 1.807) is 19.0 Å². The average Bonchev–Trinajstić information content (AvgIpc) is 2.35. The Balaban J connectivity index is 2.58. The summed E-state index contributed by atoms with van der Waals surface area (Å²) in [6.45, 7) is 4.79. The molecule has 0 aliphatic heterocycles. The van der Waals surface area contributed by atoms with Gasteiger partial charge in [-0.25, -0.2) is 0 Å². The van der Waals surface area contributed by atoms with Crippen LogP contribution in [0.25, 0.3) is 0 Å². The van der Waals surface area contributed by atoms with E-state index < -0.39 is 0 Å². The molecule has 94 valence electrons. The van der Waals surface area contributed by atoms with Crippen molar-refractivity contribution in [3.8, 4) is 0 Å². The molecule has 0 saturated heterocycles. The van der Waals surface area contributed by atoms with Crippen LogP contribution < -0.4 is 5.32 Å². The summed E-state index contributed by atoms with van der Waals surface area (Å²) in [6, 6.07) is 8.19. The van der Waals surface area contributed by atoms with Gasteiger partial charge in [0.25, 0.3) is 0 Å². The molecule has 0 saturated carbocycles. The molecule has 3 nitrogen and oxygen atoms in total. The van der Waals surface area contributed by atoms with Gasteiger partial charge in [0.2, 0.25) is 5.91 Å². The smallest absolute Gasteiger partial charge is 0.238 e. The maximum atomic E-state index is 11.7. The summed E-state index contributed by atoms with van der Waals surface area (Å²) in [4.78, 5) is 13.3. The van der Waals surface area contributed by atoms with Crippen LogP contribution in [0, 0.1) is 0 Å². The van der Waals surface area contributed by atoms with Crippen LogP contribution in [-0.4, -0.2) is 30.9 Å². The van der Waals surface area contributed by atoms with Gasteiger partial charge in [-0.2, -0.15) is 0 Å². The Labute approximate surface area is 104 Å².